The highest BCUT2D eigenvalue weighted by Gasteiger charge is 2.18. The van der Waals surface area contributed by atoms with E-state index in [1.54, 1.807) is 0 Å². The van der Waals surface area contributed by atoms with E-state index < -0.39 is 5.97 Å². The summed E-state index contributed by atoms with van der Waals surface area (Å²) in [7, 11) is 0. The number of rotatable bonds is 2. The molecule has 1 aromatic carbocycles. The van der Waals surface area contributed by atoms with Crippen LogP contribution in [0.1, 0.15) is 15.2 Å². The minimum atomic E-state index is -0.965. The molecule has 0 atom stereocenters. The van der Waals surface area contributed by atoms with Crippen molar-refractivity contribution in [3.8, 4) is 10.4 Å². The van der Waals surface area contributed by atoms with Crippen molar-refractivity contribution in [3.05, 3.63) is 38.3 Å². The van der Waals surface area contributed by atoms with Gasteiger partial charge in [0.05, 0.1) is 5.69 Å². The monoisotopic (exact) mass is 359 g/mol. The van der Waals surface area contributed by atoms with Crippen LogP contribution in [0.4, 0.5) is 5.69 Å². The SMILES string of the molecule is Cc1c(-c2cccc(I)c2)sc(C(=O)O)c1N. The second-order valence-electron chi connectivity index (χ2n) is 3.61. The zero-order valence-corrected chi connectivity index (χ0v) is 12.0. The maximum Gasteiger partial charge on any atom is 0.348 e. The molecule has 0 saturated heterocycles. The highest BCUT2D eigenvalue weighted by atomic mass is 127. The van der Waals surface area contributed by atoms with E-state index in [4.69, 9.17) is 10.8 Å². The van der Waals surface area contributed by atoms with Crippen LogP contribution in [0.5, 0.6) is 0 Å². The summed E-state index contributed by atoms with van der Waals surface area (Å²) in [4.78, 5) is 12.2. The topological polar surface area (TPSA) is 63.3 Å². The number of hydrogen-bond acceptors (Lipinski definition) is 3. The summed E-state index contributed by atoms with van der Waals surface area (Å²) >= 11 is 3.46. The predicted octanol–water partition coefficient (Wildman–Crippen LogP) is 3.61. The van der Waals surface area contributed by atoms with Gasteiger partial charge in [0.15, 0.2) is 0 Å². The highest BCUT2D eigenvalue weighted by molar-refractivity contribution is 14.1. The summed E-state index contributed by atoms with van der Waals surface area (Å²) in [5, 5.41) is 9.03. The Labute approximate surface area is 116 Å². The molecule has 3 N–H and O–H groups in total. The number of anilines is 1. The molecule has 0 aliphatic carbocycles. The molecule has 0 unspecified atom stereocenters. The van der Waals surface area contributed by atoms with Gasteiger partial charge in [0.1, 0.15) is 4.88 Å². The molecule has 0 spiro atoms. The molecule has 0 aliphatic rings. The van der Waals surface area contributed by atoms with Crippen LogP contribution < -0.4 is 5.73 Å². The molecule has 5 heteroatoms. The third-order valence-corrected chi connectivity index (χ3v) is 4.49. The minimum absolute atomic E-state index is 0.219. The van der Waals surface area contributed by atoms with Gasteiger partial charge in [-0.3, -0.25) is 0 Å². The average molecular weight is 359 g/mol. The predicted molar refractivity (Wildman–Crippen MR) is 78.6 cm³/mol. The first-order valence-electron chi connectivity index (χ1n) is 4.89. The first kappa shape index (κ1) is 12.4. The molecule has 17 heavy (non-hydrogen) atoms. The Balaban J connectivity index is 2.61. The molecule has 0 aliphatic heterocycles. The molecule has 0 amide bonds. The Morgan fingerprint density at radius 2 is 2.18 bits per heavy atom. The standard InChI is InChI=1S/C12H10INO2S/c1-6-9(14)11(12(15)16)17-10(6)7-3-2-4-8(13)5-7/h2-5H,14H2,1H3,(H,15,16). The van der Waals surface area contributed by atoms with Crippen LogP contribution in [-0.4, -0.2) is 11.1 Å². The van der Waals surface area contributed by atoms with Gasteiger partial charge in [0, 0.05) is 8.45 Å². The van der Waals surface area contributed by atoms with Crippen LogP contribution in [0.2, 0.25) is 0 Å². The van der Waals surface area contributed by atoms with Crippen molar-refractivity contribution >= 4 is 45.6 Å². The quantitative estimate of drug-likeness (QED) is 0.806. The van der Waals surface area contributed by atoms with Crippen LogP contribution in [0.15, 0.2) is 24.3 Å². The summed E-state index contributed by atoms with van der Waals surface area (Å²) in [6.45, 7) is 1.85. The van der Waals surface area contributed by atoms with E-state index in [9.17, 15) is 4.79 Å². The zero-order valence-electron chi connectivity index (χ0n) is 9.03. The molecule has 1 aromatic heterocycles. The van der Waals surface area contributed by atoms with E-state index in [0.717, 1.165) is 19.6 Å². The van der Waals surface area contributed by atoms with Gasteiger partial charge in [0.25, 0.3) is 0 Å². The number of aromatic carboxylic acids is 1. The fourth-order valence-electron chi connectivity index (χ4n) is 1.59. The maximum absolute atomic E-state index is 11.0. The van der Waals surface area contributed by atoms with Crippen LogP contribution in [0.3, 0.4) is 0 Å². The summed E-state index contributed by atoms with van der Waals surface area (Å²) in [6, 6.07) is 7.93. The largest absolute Gasteiger partial charge is 0.477 e. The lowest BCUT2D eigenvalue weighted by molar-refractivity contribution is 0.0703. The van der Waals surface area contributed by atoms with Gasteiger partial charge < -0.3 is 10.8 Å². The van der Waals surface area contributed by atoms with Gasteiger partial charge in [0.2, 0.25) is 0 Å². The normalized spacial score (nSPS) is 10.5. The van der Waals surface area contributed by atoms with Crippen molar-refractivity contribution in [3.63, 3.8) is 0 Å². The van der Waals surface area contributed by atoms with Gasteiger partial charge in [-0.2, -0.15) is 0 Å². The van der Waals surface area contributed by atoms with E-state index in [1.165, 1.54) is 11.3 Å². The molecule has 2 aromatic rings. The lowest BCUT2D eigenvalue weighted by Gasteiger charge is -2.00. The number of carboxylic acids is 1. The van der Waals surface area contributed by atoms with Crippen LogP contribution in [-0.2, 0) is 0 Å². The number of nitrogen functional groups attached to an aromatic ring is 1. The van der Waals surface area contributed by atoms with Crippen molar-refractivity contribution in [1.82, 2.24) is 0 Å². The number of halogens is 1. The van der Waals surface area contributed by atoms with Crippen LogP contribution in [0, 0.1) is 10.5 Å². The van der Waals surface area contributed by atoms with E-state index in [0.29, 0.717) is 5.69 Å². The van der Waals surface area contributed by atoms with Gasteiger partial charge in [-0.15, -0.1) is 11.3 Å². The molecule has 1 heterocycles. The van der Waals surface area contributed by atoms with Crippen molar-refractivity contribution in [2.24, 2.45) is 0 Å². The number of hydrogen-bond donors (Lipinski definition) is 2. The van der Waals surface area contributed by atoms with Gasteiger partial charge in [-0.05, 0) is 52.8 Å². The lowest BCUT2D eigenvalue weighted by Crippen LogP contribution is -1.97. The molecular weight excluding hydrogens is 349 g/mol. The minimum Gasteiger partial charge on any atom is -0.477 e. The third-order valence-electron chi connectivity index (χ3n) is 2.47. The second-order valence-corrected chi connectivity index (χ2v) is 5.88. The Bertz CT molecular complexity index is 592. The second kappa shape index (κ2) is 4.66. The molecule has 3 nitrogen and oxygen atoms in total. The van der Waals surface area contributed by atoms with Crippen LogP contribution in [0.25, 0.3) is 10.4 Å². The number of nitrogens with two attached hydrogens (primary N) is 1. The summed E-state index contributed by atoms with van der Waals surface area (Å²) < 4.78 is 1.11. The average Bonchev–Trinajstić information content (AvgIpc) is 2.56. The van der Waals surface area contributed by atoms with E-state index >= 15 is 0 Å². The summed E-state index contributed by atoms with van der Waals surface area (Å²) in [5.41, 5.74) is 8.03. The van der Waals surface area contributed by atoms with Crippen LogP contribution >= 0.6 is 33.9 Å². The number of carboxylic acid groups (broad SMARTS) is 1. The number of benzene rings is 1. The lowest BCUT2D eigenvalue weighted by atomic mass is 10.1. The van der Waals surface area contributed by atoms with Crippen molar-refractivity contribution < 1.29 is 9.90 Å². The van der Waals surface area contributed by atoms with Gasteiger partial charge >= 0.3 is 5.97 Å². The third kappa shape index (κ3) is 2.30. The molecule has 0 fully saturated rings. The number of thiophene rings is 1. The number of carbonyl (C=O) groups is 1. The van der Waals surface area contributed by atoms with Crippen molar-refractivity contribution in [2.75, 3.05) is 5.73 Å². The molecular formula is C12H10INO2S. The van der Waals surface area contributed by atoms with E-state index in [-0.39, 0.29) is 4.88 Å². The first-order chi connectivity index (χ1) is 8.00. The van der Waals surface area contributed by atoms with E-state index in [1.807, 2.05) is 31.2 Å². The fraction of sp³-hybridized carbons (Fsp3) is 0.0833. The molecule has 88 valence electrons. The van der Waals surface area contributed by atoms with Gasteiger partial charge in [-0.1, -0.05) is 12.1 Å². The Morgan fingerprint density at radius 3 is 2.71 bits per heavy atom. The van der Waals surface area contributed by atoms with E-state index in [2.05, 4.69) is 22.6 Å². The Hall–Kier alpha value is -1.08. The Morgan fingerprint density at radius 1 is 1.47 bits per heavy atom. The zero-order chi connectivity index (χ0) is 12.6. The van der Waals surface area contributed by atoms with Crippen molar-refractivity contribution in [1.29, 1.82) is 0 Å². The highest BCUT2D eigenvalue weighted by Crippen LogP contribution is 2.38. The fourth-order valence-corrected chi connectivity index (χ4v) is 3.20. The smallest absolute Gasteiger partial charge is 0.348 e. The summed E-state index contributed by atoms with van der Waals surface area (Å²) in [5.74, 6) is -0.965. The molecule has 0 saturated carbocycles. The van der Waals surface area contributed by atoms with Gasteiger partial charge in [-0.25, -0.2) is 4.79 Å². The molecule has 2 rings (SSSR count). The molecule has 0 bridgehead atoms. The maximum atomic E-state index is 11.0. The Kier molecular flexibility index (Phi) is 3.39. The van der Waals surface area contributed by atoms with Crippen molar-refractivity contribution in [2.45, 2.75) is 6.92 Å². The molecule has 0 radical (unpaired) electrons. The first-order valence-corrected chi connectivity index (χ1v) is 6.78. The summed E-state index contributed by atoms with van der Waals surface area (Å²) in [6.07, 6.45) is 0.